The van der Waals surface area contributed by atoms with Gasteiger partial charge in [0.25, 0.3) is 0 Å². The molecule has 0 fully saturated rings. The smallest absolute Gasteiger partial charge is 0.191 e. The van der Waals surface area contributed by atoms with Gasteiger partial charge in [0.1, 0.15) is 11.5 Å². The number of halogens is 1. The minimum Gasteiger partial charge on any atom is -0.497 e. The first-order chi connectivity index (χ1) is 16.2. The van der Waals surface area contributed by atoms with Crippen LogP contribution >= 0.6 is 24.0 Å². The lowest BCUT2D eigenvalue weighted by Crippen LogP contribution is -2.37. The number of methoxy groups -OCH3 is 2. The van der Waals surface area contributed by atoms with E-state index in [1.165, 1.54) is 16.9 Å². The van der Waals surface area contributed by atoms with Gasteiger partial charge in [-0.15, -0.1) is 24.0 Å². The molecule has 0 bridgehead atoms. The Hall–Kier alpha value is -2.88. The van der Waals surface area contributed by atoms with Gasteiger partial charge in [-0.05, 0) is 36.6 Å². The van der Waals surface area contributed by atoms with Gasteiger partial charge in [-0.2, -0.15) is 0 Å². The minimum absolute atomic E-state index is 0. The maximum Gasteiger partial charge on any atom is 0.191 e. The molecule has 34 heavy (non-hydrogen) atoms. The van der Waals surface area contributed by atoms with Crippen molar-refractivity contribution in [3.63, 3.8) is 0 Å². The molecule has 8 heteroatoms. The second-order valence-corrected chi connectivity index (χ2v) is 8.08. The molecule has 1 aliphatic rings. The molecule has 0 atom stereocenters. The van der Waals surface area contributed by atoms with Crippen molar-refractivity contribution in [2.75, 3.05) is 45.8 Å². The topological polar surface area (TPSA) is 73.9 Å². The molecular formula is C26H34IN5O2. The van der Waals surface area contributed by atoms with Gasteiger partial charge in [-0.25, -0.2) is 0 Å². The van der Waals surface area contributed by atoms with E-state index in [-0.39, 0.29) is 24.0 Å². The van der Waals surface area contributed by atoms with Crippen molar-refractivity contribution in [2.45, 2.75) is 19.4 Å². The molecule has 0 spiro atoms. The molecule has 3 N–H and O–H groups in total. The van der Waals surface area contributed by atoms with Gasteiger partial charge in [0, 0.05) is 62.1 Å². The zero-order valence-electron chi connectivity index (χ0n) is 20.1. The summed E-state index contributed by atoms with van der Waals surface area (Å²) in [5, 5.41) is 7.88. The number of guanidine groups is 1. The van der Waals surface area contributed by atoms with E-state index < -0.39 is 0 Å². The van der Waals surface area contributed by atoms with E-state index in [1.807, 2.05) is 12.1 Å². The molecule has 0 saturated heterocycles. The van der Waals surface area contributed by atoms with Gasteiger partial charge in [0.15, 0.2) is 5.96 Å². The van der Waals surface area contributed by atoms with Crippen LogP contribution in [0.3, 0.4) is 0 Å². The lowest BCUT2D eigenvalue weighted by atomic mass is 10.2. The number of aryl methyl sites for hydroxylation is 1. The van der Waals surface area contributed by atoms with Crippen molar-refractivity contribution in [2.24, 2.45) is 4.99 Å². The molecular weight excluding hydrogens is 541 g/mol. The Morgan fingerprint density at radius 2 is 1.79 bits per heavy atom. The van der Waals surface area contributed by atoms with Gasteiger partial charge in [0.05, 0.1) is 19.7 Å². The SMILES string of the molecule is CN=C(NCCCc1cc2c(OC)cc(OC)cc2[nH]1)NCc1ccc(N2CC=CC2)cc1.I. The zero-order valence-corrected chi connectivity index (χ0v) is 22.4. The van der Waals surface area contributed by atoms with Gasteiger partial charge >= 0.3 is 0 Å². The predicted octanol–water partition coefficient (Wildman–Crippen LogP) is 4.48. The molecule has 1 aliphatic heterocycles. The molecule has 182 valence electrons. The average Bonchev–Trinajstić information content (AvgIpc) is 3.53. The molecule has 0 radical (unpaired) electrons. The zero-order chi connectivity index (χ0) is 23.0. The maximum absolute atomic E-state index is 5.51. The molecule has 0 saturated carbocycles. The van der Waals surface area contributed by atoms with E-state index in [4.69, 9.17) is 9.47 Å². The lowest BCUT2D eigenvalue weighted by Gasteiger charge is -2.18. The second-order valence-electron chi connectivity index (χ2n) is 8.08. The molecule has 4 rings (SSSR count). The Bertz CT molecular complexity index is 1120. The van der Waals surface area contributed by atoms with Crippen LogP contribution in [0.5, 0.6) is 11.5 Å². The first kappa shape index (κ1) is 25.7. The summed E-state index contributed by atoms with van der Waals surface area (Å²) in [4.78, 5) is 10.2. The first-order valence-corrected chi connectivity index (χ1v) is 11.4. The Morgan fingerprint density at radius 3 is 2.47 bits per heavy atom. The Morgan fingerprint density at radius 1 is 1.03 bits per heavy atom. The Balaban J connectivity index is 0.00000324. The Kier molecular flexibility index (Phi) is 9.50. The standard InChI is InChI=1S/C26H33N5O2.HI/c1-27-26(29-18-19-8-10-21(11-9-19)31-13-4-5-14-31)28-12-6-7-20-15-23-24(30-20)16-22(32-2)17-25(23)33-3;/h4-5,8-11,15-17,30H,6-7,12-14,18H2,1-3H3,(H2,27,28,29);1H. The van der Waals surface area contributed by atoms with E-state index in [0.717, 1.165) is 67.4 Å². The number of aliphatic imine (C=N–C) groups is 1. The number of hydrogen-bond donors (Lipinski definition) is 3. The summed E-state index contributed by atoms with van der Waals surface area (Å²) >= 11 is 0. The van der Waals surface area contributed by atoms with Crippen LogP contribution in [-0.4, -0.2) is 51.8 Å². The Labute approximate surface area is 218 Å². The molecule has 2 aromatic carbocycles. The van der Waals surface area contributed by atoms with E-state index in [2.05, 4.69) is 68.0 Å². The summed E-state index contributed by atoms with van der Waals surface area (Å²) in [6.45, 7) is 3.56. The third kappa shape index (κ3) is 6.37. The number of anilines is 1. The summed E-state index contributed by atoms with van der Waals surface area (Å²) in [6, 6.07) is 14.8. The van der Waals surface area contributed by atoms with E-state index in [9.17, 15) is 0 Å². The fraction of sp³-hybridized carbons (Fsp3) is 0.346. The van der Waals surface area contributed by atoms with Crippen molar-refractivity contribution < 1.29 is 9.47 Å². The van der Waals surface area contributed by atoms with E-state index in [0.29, 0.717) is 0 Å². The van der Waals surface area contributed by atoms with Crippen LogP contribution in [-0.2, 0) is 13.0 Å². The molecule has 7 nitrogen and oxygen atoms in total. The summed E-state index contributed by atoms with van der Waals surface area (Å²) in [5.74, 6) is 2.41. The molecule has 0 amide bonds. The van der Waals surface area contributed by atoms with Crippen LogP contribution in [0.2, 0.25) is 0 Å². The highest BCUT2D eigenvalue weighted by Crippen LogP contribution is 2.31. The monoisotopic (exact) mass is 575 g/mol. The van der Waals surface area contributed by atoms with Crippen molar-refractivity contribution in [3.8, 4) is 11.5 Å². The number of aromatic nitrogens is 1. The van der Waals surface area contributed by atoms with Crippen LogP contribution in [0.15, 0.2) is 59.6 Å². The second kappa shape index (κ2) is 12.5. The fourth-order valence-corrected chi connectivity index (χ4v) is 4.06. The maximum atomic E-state index is 5.51. The number of ether oxygens (including phenoxy) is 2. The average molecular weight is 575 g/mol. The highest BCUT2D eigenvalue weighted by molar-refractivity contribution is 14.0. The third-order valence-electron chi connectivity index (χ3n) is 5.90. The van der Waals surface area contributed by atoms with Crippen molar-refractivity contribution in [3.05, 3.63) is 65.9 Å². The number of rotatable bonds is 9. The molecule has 0 aliphatic carbocycles. The molecule has 2 heterocycles. The van der Waals surface area contributed by atoms with Crippen molar-refractivity contribution >= 4 is 46.5 Å². The van der Waals surface area contributed by atoms with Crippen LogP contribution in [0.1, 0.15) is 17.7 Å². The van der Waals surface area contributed by atoms with Crippen LogP contribution in [0.25, 0.3) is 10.9 Å². The largest absolute Gasteiger partial charge is 0.497 e. The normalized spacial score (nSPS) is 13.1. The highest BCUT2D eigenvalue weighted by atomic mass is 127. The number of aromatic amines is 1. The van der Waals surface area contributed by atoms with Crippen molar-refractivity contribution in [1.29, 1.82) is 0 Å². The van der Waals surface area contributed by atoms with Crippen molar-refractivity contribution in [1.82, 2.24) is 15.6 Å². The van der Waals surface area contributed by atoms with Gasteiger partial charge in [-0.3, -0.25) is 4.99 Å². The molecule has 3 aromatic rings. The number of benzene rings is 2. The van der Waals surface area contributed by atoms with Gasteiger partial charge in [-0.1, -0.05) is 24.3 Å². The van der Waals surface area contributed by atoms with Crippen LogP contribution in [0.4, 0.5) is 5.69 Å². The molecule has 1 aromatic heterocycles. The number of H-pyrrole nitrogens is 1. The highest BCUT2D eigenvalue weighted by Gasteiger charge is 2.10. The van der Waals surface area contributed by atoms with E-state index in [1.54, 1.807) is 21.3 Å². The summed E-state index contributed by atoms with van der Waals surface area (Å²) < 4.78 is 10.9. The summed E-state index contributed by atoms with van der Waals surface area (Å²) in [6.07, 6.45) is 6.32. The summed E-state index contributed by atoms with van der Waals surface area (Å²) in [5.41, 5.74) is 4.70. The third-order valence-corrected chi connectivity index (χ3v) is 5.90. The minimum atomic E-state index is 0. The number of nitrogens with zero attached hydrogens (tertiary/aromatic N) is 2. The lowest BCUT2D eigenvalue weighted by molar-refractivity contribution is 0.398. The number of fused-ring (bicyclic) bond motifs is 1. The van der Waals surface area contributed by atoms with Crippen LogP contribution < -0.4 is 25.0 Å². The van der Waals surface area contributed by atoms with Gasteiger partial charge in [0.2, 0.25) is 0 Å². The summed E-state index contributed by atoms with van der Waals surface area (Å²) in [7, 11) is 5.15. The number of nitrogens with one attached hydrogen (secondary N) is 3. The first-order valence-electron chi connectivity index (χ1n) is 11.4. The number of hydrogen-bond acceptors (Lipinski definition) is 4. The fourth-order valence-electron chi connectivity index (χ4n) is 4.06. The predicted molar refractivity (Wildman–Crippen MR) is 151 cm³/mol. The van der Waals surface area contributed by atoms with Gasteiger partial charge < -0.3 is 30.0 Å². The van der Waals surface area contributed by atoms with E-state index >= 15 is 0 Å². The quantitative estimate of drug-likeness (QED) is 0.115. The van der Waals surface area contributed by atoms with Crippen LogP contribution in [0, 0.1) is 0 Å². The molecule has 0 unspecified atom stereocenters.